The highest BCUT2D eigenvalue weighted by atomic mass is 15.1. The van der Waals surface area contributed by atoms with Crippen LogP contribution in [0.2, 0.25) is 0 Å². The van der Waals surface area contributed by atoms with Gasteiger partial charge in [0.05, 0.1) is 0 Å². The third kappa shape index (κ3) is 1.67. The van der Waals surface area contributed by atoms with Gasteiger partial charge in [0.2, 0.25) is 0 Å². The van der Waals surface area contributed by atoms with Gasteiger partial charge in [-0.05, 0) is 31.1 Å². The van der Waals surface area contributed by atoms with Gasteiger partial charge >= 0.3 is 0 Å². The van der Waals surface area contributed by atoms with Gasteiger partial charge < -0.3 is 4.90 Å². The van der Waals surface area contributed by atoms with E-state index in [1.807, 2.05) is 24.2 Å². The van der Waals surface area contributed by atoms with Crippen LogP contribution in [-0.4, -0.2) is 4.90 Å². The predicted molar refractivity (Wildman–Crippen MR) is 53.3 cm³/mol. The van der Waals surface area contributed by atoms with Crippen LogP contribution in [-0.2, 0) is 0 Å². The second-order valence-electron chi connectivity index (χ2n) is 2.69. The maximum absolute atomic E-state index is 3.74. The fourth-order valence-electron chi connectivity index (χ4n) is 1.19. The lowest BCUT2D eigenvalue weighted by Crippen LogP contribution is -2.10. The number of hydrogen-bond acceptors (Lipinski definition) is 1. The molecular weight excluding hydrogens is 146 g/mol. The maximum atomic E-state index is 3.74. The zero-order valence-corrected chi connectivity index (χ0v) is 7.75. The van der Waals surface area contributed by atoms with Crippen molar-refractivity contribution in [3.05, 3.63) is 48.5 Å². The van der Waals surface area contributed by atoms with Crippen molar-refractivity contribution in [2.75, 3.05) is 0 Å². The van der Waals surface area contributed by atoms with Gasteiger partial charge in [-0.3, -0.25) is 0 Å². The van der Waals surface area contributed by atoms with Crippen LogP contribution in [0.4, 0.5) is 0 Å². The molecule has 0 aliphatic carbocycles. The van der Waals surface area contributed by atoms with E-state index in [0.29, 0.717) is 0 Å². The monoisotopic (exact) mass is 161 g/mol. The minimum Gasteiger partial charge on any atom is -0.325 e. The molecule has 1 heteroatoms. The second-order valence-corrected chi connectivity index (χ2v) is 2.69. The average molecular weight is 161 g/mol. The Labute approximate surface area is 74.4 Å². The van der Waals surface area contributed by atoms with Crippen molar-refractivity contribution in [2.45, 2.75) is 20.3 Å². The Bertz CT molecular complexity index is 256. The molecule has 12 heavy (non-hydrogen) atoms. The highest BCUT2D eigenvalue weighted by molar-refractivity contribution is 5.35. The molecule has 0 radical (unpaired) electrons. The normalized spacial score (nSPS) is 19.7. The molecule has 0 amide bonds. The lowest BCUT2D eigenvalue weighted by Gasteiger charge is -2.20. The van der Waals surface area contributed by atoms with E-state index in [-0.39, 0.29) is 0 Å². The van der Waals surface area contributed by atoms with E-state index in [9.17, 15) is 0 Å². The van der Waals surface area contributed by atoms with E-state index in [1.54, 1.807) is 0 Å². The van der Waals surface area contributed by atoms with Crippen LogP contribution in [0.3, 0.4) is 0 Å². The summed E-state index contributed by atoms with van der Waals surface area (Å²) >= 11 is 0. The van der Waals surface area contributed by atoms with Crippen LogP contribution in [0.5, 0.6) is 0 Å². The standard InChI is InChI=1S/C11H15N/c1-4-10-7-8-12(6-3)11(5-2)9-10/h5-9H,3-4H2,1-2H3/b11-5-. The zero-order chi connectivity index (χ0) is 8.97. The minimum atomic E-state index is 1.08. The summed E-state index contributed by atoms with van der Waals surface area (Å²) in [6.45, 7) is 7.93. The zero-order valence-electron chi connectivity index (χ0n) is 7.75. The molecule has 0 fully saturated rings. The first-order valence-corrected chi connectivity index (χ1v) is 4.27. The van der Waals surface area contributed by atoms with Crippen LogP contribution < -0.4 is 0 Å². The van der Waals surface area contributed by atoms with Gasteiger partial charge in [-0.1, -0.05) is 19.6 Å². The van der Waals surface area contributed by atoms with E-state index in [4.69, 9.17) is 0 Å². The second kappa shape index (κ2) is 3.96. The molecule has 0 saturated carbocycles. The summed E-state index contributed by atoms with van der Waals surface area (Å²) < 4.78 is 0. The fourth-order valence-corrected chi connectivity index (χ4v) is 1.19. The summed E-state index contributed by atoms with van der Waals surface area (Å²) in [7, 11) is 0. The Balaban J connectivity index is 2.89. The van der Waals surface area contributed by atoms with Gasteiger partial charge in [0, 0.05) is 18.1 Å². The number of allylic oxidation sites excluding steroid dienone is 4. The highest BCUT2D eigenvalue weighted by Crippen LogP contribution is 2.18. The van der Waals surface area contributed by atoms with Gasteiger partial charge in [0.1, 0.15) is 0 Å². The topological polar surface area (TPSA) is 3.24 Å². The van der Waals surface area contributed by atoms with Crippen molar-refractivity contribution >= 4 is 0 Å². The molecule has 0 saturated heterocycles. The number of hydrogen-bond donors (Lipinski definition) is 0. The smallest absolute Gasteiger partial charge is 0.0409 e. The van der Waals surface area contributed by atoms with E-state index in [2.05, 4.69) is 31.7 Å². The molecule has 64 valence electrons. The van der Waals surface area contributed by atoms with Gasteiger partial charge in [-0.2, -0.15) is 0 Å². The lowest BCUT2D eigenvalue weighted by atomic mass is 10.1. The summed E-state index contributed by atoms with van der Waals surface area (Å²) in [5.74, 6) is 0. The highest BCUT2D eigenvalue weighted by Gasteiger charge is 2.04. The molecule has 0 spiro atoms. The van der Waals surface area contributed by atoms with E-state index >= 15 is 0 Å². The summed E-state index contributed by atoms with van der Waals surface area (Å²) in [5.41, 5.74) is 2.56. The van der Waals surface area contributed by atoms with Crippen LogP contribution >= 0.6 is 0 Å². The molecule has 0 aromatic rings. The summed E-state index contributed by atoms with van der Waals surface area (Å²) in [6.07, 6.45) is 11.3. The quantitative estimate of drug-likeness (QED) is 0.601. The van der Waals surface area contributed by atoms with Gasteiger partial charge in [0.25, 0.3) is 0 Å². The summed E-state index contributed by atoms with van der Waals surface area (Å²) in [6, 6.07) is 0. The van der Waals surface area contributed by atoms with Crippen LogP contribution in [0, 0.1) is 0 Å². The predicted octanol–water partition coefficient (Wildman–Crippen LogP) is 3.20. The van der Waals surface area contributed by atoms with E-state index in [0.717, 1.165) is 6.42 Å². The number of nitrogens with zero attached hydrogens (tertiary/aromatic N) is 1. The first-order chi connectivity index (χ1) is 5.81. The largest absolute Gasteiger partial charge is 0.325 e. The Kier molecular flexibility index (Phi) is 2.92. The van der Waals surface area contributed by atoms with Gasteiger partial charge in [0.15, 0.2) is 0 Å². The lowest BCUT2D eigenvalue weighted by molar-refractivity contribution is 0.641. The summed E-state index contributed by atoms with van der Waals surface area (Å²) in [4.78, 5) is 2.01. The van der Waals surface area contributed by atoms with Gasteiger partial charge in [-0.25, -0.2) is 0 Å². The molecule has 0 aromatic heterocycles. The van der Waals surface area contributed by atoms with E-state index < -0.39 is 0 Å². The Hall–Kier alpha value is -1.24. The van der Waals surface area contributed by atoms with Crippen molar-refractivity contribution in [3.8, 4) is 0 Å². The van der Waals surface area contributed by atoms with Crippen LogP contribution in [0.1, 0.15) is 20.3 Å². The van der Waals surface area contributed by atoms with Crippen LogP contribution in [0.15, 0.2) is 48.5 Å². The SMILES string of the molecule is C=CN1C=CC(CC)=C/C1=C/C. The molecule has 1 heterocycles. The van der Waals surface area contributed by atoms with Crippen molar-refractivity contribution < 1.29 is 0 Å². The Morgan fingerprint density at radius 1 is 1.58 bits per heavy atom. The first kappa shape index (κ1) is 8.85. The van der Waals surface area contributed by atoms with Gasteiger partial charge in [-0.15, -0.1) is 0 Å². The molecule has 0 bridgehead atoms. The Morgan fingerprint density at radius 3 is 2.83 bits per heavy atom. The molecule has 0 N–H and O–H groups in total. The minimum absolute atomic E-state index is 1.08. The van der Waals surface area contributed by atoms with Crippen molar-refractivity contribution in [3.63, 3.8) is 0 Å². The molecule has 0 aromatic carbocycles. The molecular formula is C11H15N. The summed E-state index contributed by atoms with van der Waals surface area (Å²) in [5, 5.41) is 0. The molecule has 1 aliphatic rings. The third-order valence-corrected chi connectivity index (χ3v) is 1.98. The van der Waals surface area contributed by atoms with Crippen LogP contribution in [0.25, 0.3) is 0 Å². The molecule has 0 atom stereocenters. The first-order valence-electron chi connectivity index (χ1n) is 4.27. The number of rotatable bonds is 2. The molecule has 0 unspecified atom stereocenters. The fraction of sp³-hybridized carbons (Fsp3) is 0.273. The van der Waals surface area contributed by atoms with E-state index in [1.165, 1.54) is 11.3 Å². The van der Waals surface area contributed by atoms with Crippen molar-refractivity contribution in [1.82, 2.24) is 4.90 Å². The Morgan fingerprint density at radius 2 is 2.33 bits per heavy atom. The molecule has 1 aliphatic heterocycles. The third-order valence-electron chi connectivity index (χ3n) is 1.98. The van der Waals surface area contributed by atoms with Crippen molar-refractivity contribution in [1.29, 1.82) is 0 Å². The van der Waals surface area contributed by atoms with Crippen molar-refractivity contribution in [2.24, 2.45) is 0 Å². The molecule has 1 rings (SSSR count). The molecule has 1 nitrogen and oxygen atoms in total. The average Bonchev–Trinajstić information content (AvgIpc) is 2.16. The maximum Gasteiger partial charge on any atom is 0.0409 e.